The zero-order chi connectivity index (χ0) is 18.4. The molecule has 0 radical (unpaired) electrons. The highest BCUT2D eigenvalue weighted by molar-refractivity contribution is 5.89. The molecule has 2 aromatic carbocycles. The number of fused-ring (bicyclic) bond motifs is 1. The normalized spacial score (nSPS) is 17.9. The van der Waals surface area contributed by atoms with Crippen molar-refractivity contribution in [3.63, 3.8) is 0 Å². The first-order chi connectivity index (χ1) is 12.7. The quantitative estimate of drug-likeness (QED) is 0.735. The van der Waals surface area contributed by atoms with Gasteiger partial charge in [-0.25, -0.2) is 0 Å². The lowest BCUT2D eigenvalue weighted by molar-refractivity contribution is -0.134. The maximum atomic E-state index is 12.4. The van der Waals surface area contributed by atoms with Gasteiger partial charge in [-0.15, -0.1) is 0 Å². The number of piperazine rings is 1. The minimum Gasteiger partial charge on any atom is -0.383 e. The molecule has 1 heterocycles. The molecule has 0 aliphatic carbocycles. The molecule has 1 saturated heterocycles. The number of ether oxygens (including phenoxy) is 1. The Morgan fingerprint density at radius 2 is 2.08 bits per heavy atom. The number of rotatable bonds is 7. The molecule has 6 nitrogen and oxygen atoms in total. The Kier molecular flexibility index (Phi) is 6.20. The summed E-state index contributed by atoms with van der Waals surface area (Å²) in [5.41, 5.74) is 1.17. The van der Waals surface area contributed by atoms with Crippen LogP contribution in [-0.2, 0) is 20.9 Å². The molecule has 0 saturated carbocycles. The molecule has 3 rings (SSSR count). The first-order valence-corrected chi connectivity index (χ1v) is 8.93. The Labute approximate surface area is 153 Å². The molecule has 0 unspecified atom stereocenters. The highest BCUT2D eigenvalue weighted by Gasteiger charge is 2.31. The molecule has 6 heteroatoms. The van der Waals surface area contributed by atoms with E-state index < -0.39 is 6.04 Å². The number of nitrogens with zero attached hydrogens (tertiary/aromatic N) is 1. The summed E-state index contributed by atoms with van der Waals surface area (Å²) >= 11 is 0. The summed E-state index contributed by atoms with van der Waals surface area (Å²) in [5, 5.41) is 8.03. The lowest BCUT2D eigenvalue weighted by Gasteiger charge is -2.35. The van der Waals surface area contributed by atoms with Crippen molar-refractivity contribution >= 4 is 22.6 Å². The van der Waals surface area contributed by atoms with E-state index in [0.717, 1.165) is 6.54 Å². The Morgan fingerprint density at radius 3 is 2.92 bits per heavy atom. The largest absolute Gasteiger partial charge is 0.383 e. The SMILES string of the molecule is COCCNC(=O)C[C@@H]1C(=O)NCCN1Cc1cccc2ccccc12. The highest BCUT2D eigenvalue weighted by atomic mass is 16.5. The number of benzene rings is 2. The van der Waals surface area contributed by atoms with Gasteiger partial charge in [0.05, 0.1) is 19.1 Å². The summed E-state index contributed by atoms with van der Waals surface area (Å²) in [4.78, 5) is 26.6. The van der Waals surface area contributed by atoms with Crippen molar-refractivity contribution in [2.45, 2.75) is 19.0 Å². The standard InChI is InChI=1S/C20H25N3O3/c1-26-12-10-21-19(24)13-18-20(25)22-9-11-23(18)14-16-7-4-6-15-5-2-3-8-17(15)16/h2-8,18H,9-14H2,1H3,(H,21,24)(H,22,25)/t18-/m1/s1. The van der Waals surface area contributed by atoms with Crippen LogP contribution in [0, 0.1) is 0 Å². The Hall–Kier alpha value is -2.44. The topological polar surface area (TPSA) is 70.7 Å². The second-order valence-corrected chi connectivity index (χ2v) is 6.46. The van der Waals surface area contributed by atoms with Gasteiger partial charge in [0, 0.05) is 33.3 Å². The third-order valence-corrected chi connectivity index (χ3v) is 4.70. The van der Waals surface area contributed by atoms with E-state index >= 15 is 0 Å². The molecule has 0 spiro atoms. The van der Waals surface area contributed by atoms with E-state index in [1.807, 2.05) is 18.2 Å². The number of amides is 2. The van der Waals surface area contributed by atoms with Crippen LogP contribution in [-0.4, -0.2) is 56.1 Å². The van der Waals surface area contributed by atoms with E-state index in [1.165, 1.54) is 16.3 Å². The minimum absolute atomic E-state index is 0.0848. The maximum Gasteiger partial charge on any atom is 0.237 e. The van der Waals surface area contributed by atoms with Gasteiger partial charge >= 0.3 is 0 Å². The molecule has 1 atom stereocenters. The second kappa shape index (κ2) is 8.78. The summed E-state index contributed by atoms with van der Waals surface area (Å²) < 4.78 is 4.94. The van der Waals surface area contributed by atoms with E-state index in [-0.39, 0.29) is 18.2 Å². The van der Waals surface area contributed by atoms with Gasteiger partial charge in [0.2, 0.25) is 11.8 Å². The van der Waals surface area contributed by atoms with Gasteiger partial charge < -0.3 is 15.4 Å². The van der Waals surface area contributed by atoms with E-state index in [2.05, 4.69) is 39.8 Å². The predicted octanol–water partition coefficient (Wildman–Crippen LogP) is 1.29. The van der Waals surface area contributed by atoms with Gasteiger partial charge in [-0.05, 0) is 16.3 Å². The van der Waals surface area contributed by atoms with Crippen molar-refractivity contribution in [1.29, 1.82) is 0 Å². The van der Waals surface area contributed by atoms with Crippen LogP contribution >= 0.6 is 0 Å². The number of hydrogen-bond acceptors (Lipinski definition) is 4. The van der Waals surface area contributed by atoms with Crippen molar-refractivity contribution in [2.24, 2.45) is 0 Å². The average Bonchev–Trinajstić information content (AvgIpc) is 2.65. The fourth-order valence-electron chi connectivity index (χ4n) is 3.36. The minimum atomic E-state index is -0.453. The molecule has 1 fully saturated rings. The number of methoxy groups -OCH3 is 1. The molecule has 1 aliphatic rings. The van der Waals surface area contributed by atoms with Crippen LogP contribution in [0.4, 0.5) is 0 Å². The average molecular weight is 355 g/mol. The lowest BCUT2D eigenvalue weighted by atomic mass is 10.0. The van der Waals surface area contributed by atoms with Gasteiger partial charge in [-0.2, -0.15) is 0 Å². The van der Waals surface area contributed by atoms with Gasteiger partial charge in [0.1, 0.15) is 0 Å². The number of carbonyl (C=O) groups is 2. The first-order valence-electron chi connectivity index (χ1n) is 8.93. The number of carbonyl (C=O) groups excluding carboxylic acids is 2. The molecule has 0 aromatic heterocycles. The van der Waals surface area contributed by atoms with Crippen molar-refractivity contribution < 1.29 is 14.3 Å². The number of hydrogen-bond donors (Lipinski definition) is 2. The second-order valence-electron chi connectivity index (χ2n) is 6.46. The third-order valence-electron chi connectivity index (χ3n) is 4.70. The van der Waals surface area contributed by atoms with Crippen LogP contribution in [0.1, 0.15) is 12.0 Å². The zero-order valence-electron chi connectivity index (χ0n) is 15.0. The molecule has 1 aliphatic heterocycles. The van der Waals surface area contributed by atoms with E-state index in [1.54, 1.807) is 7.11 Å². The fourth-order valence-corrected chi connectivity index (χ4v) is 3.36. The molecular formula is C20H25N3O3. The van der Waals surface area contributed by atoms with E-state index in [9.17, 15) is 9.59 Å². The van der Waals surface area contributed by atoms with Gasteiger partial charge in [-0.1, -0.05) is 42.5 Å². The van der Waals surface area contributed by atoms with Gasteiger partial charge in [-0.3, -0.25) is 14.5 Å². The van der Waals surface area contributed by atoms with E-state index in [0.29, 0.717) is 26.2 Å². The molecular weight excluding hydrogens is 330 g/mol. The van der Waals surface area contributed by atoms with Crippen molar-refractivity contribution in [1.82, 2.24) is 15.5 Å². The third kappa shape index (κ3) is 4.39. The highest BCUT2D eigenvalue weighted by Crippen LogP contribution is 2.22. The van der Waals surface area contributed by atoms with Crippen LogP contribution in [0.2, 0.25) is 0 Å². The molecule has 2 aromatic rings. The van der Waals surface area contributed by atoms with Crippen molar-refractivity contribution in [3.8, 4) is 0 Å². The molecule has 26 heavy (non-hydrogen) atoms. The Bertz CT molecular complexity index is 772. The predicted molar refractivity (Wildman–Crippen MR) is 101 cm³/mol. The molecule has 0 bridgehead atoms. The Balaban J connectivity index is 1.73. The number of nitrogens with one attached hydrogen (secondary N) is 2. The van der Waals surface area contributed by atoms with E-state index in [4.69, 9.17) is 4.74 Å². The van der Waals surface area contributed by atoms with Crippen LogP contribution in [0.15, 0.2) is 42.5 Å². The summed E-state index contributed by atoms with van der Waals surface area (Å²) in [6.45, 7) is 2.89. The molecule has 138 valence electrons. The van der Waals surface area contributed by atoms with Crippen molar-refractivity contribution in [3.05, 3.63) is 48.0 Å². The summed E-state index contributed by atoms with van der Waals surface area (Å²) in [7, 11) is 1.59. The maximum absolute atomic E-state index is 12.4. The smallest absolute Gasteiger partial charge is 0.237 e. The van der Waals surface area contributed by atoms with Crippen LogP contribution in [0.5, 0.6) is 0 Å². The van der Waals surface area contributed by atoms with Crippen molar-refractivity contribution in [2.75, 3.05) is 33.4 Å². The molecule has 2 N–H and O–H groups in total. The fraction of sp³-hybridized carbons (Fsp3) is 0.400. The van der Waals surface area contributed by atoms with Gasteiger partial charge in [0.25, 0.3) is 0 Å². The first kappa shape index (κ1) is 18.4. The summed E-state index contributed by atoms with van der Waals surface area (Å²) in [6.07, 6.45) is 0.153. The Morgan fingerprint density at radius 1 is 1.27 bits per heavy atom. The van der Waals surface area contributed by atoms with Crippen LogP contribution < -0.4 is 10.6 Å². The molecule has 2 amide bonds. The zero-order valence-corrected chi connectivity index (χ0v) is 15.0. The monoisotopic (exact) mass is 355 g/mol. The summed E-state index contributed by atoms with van der Waals surface area (Å²) in [5.74, 6) is -0.217. The van der Waals surface area contributed by atoms with Crippen LogP contribution in [0.3, 0.4) is 0 Å². The summed E-state index contributed by atoms with van der Waals surface area (Å²) in [6, 6.07) is 14.0. The van der Waals surface area contributed by atoms with Crippen LogP contribution in [0.25, 0.3) is 10.8 Å². The van der Waals surface area contributed by atoms with Gasteiger partial charge in [0.15, 0.2) is 0 Å². The lowest BCUT2D eigenvalue weighted by Crippen LogP contribution is -2.56.